The van der Waals surface area contributed by atoms with Crippen LogP contribution in [0.15, 0.2) is 12.3 Å². The number of carbonyl (C=O) groups excluding carboxylic acids is 2. The lowest BCUT2D eigenvalue weighted by atomic mass is 10.2. The zero-order valence-corrected chi connectivity index (χ0v) is 11.2. The molecule has 0 aliphatic heterocycles. The van der Waals surface area contributed by atoms with E-state index in [9.17, 15) is 9.59 Å². The van der Waals surface area contributed by atoms with Crippen molar-refractivity contribution in [3.05, 3.63) is 18.0 Å². The summed E-state index contributed by atoms with van der Waals surface area (Å²) in [4.78, 5) is 24.5. The lowest BCUT2D eigenvalue weighted by Crippen LogP contribution is -2.22. The Balaban J connectivity index is 2.68. The summed E-state index contributed by atoms with van der Waals surface area (Å²) >= 11 is 0. The molecule has 0 aliphatic rings. The summed E-state index contributed by atoms with van der Waals surface area (Å²) in [5.74, 6) is -0.418. The molecule has 0 aromatic carbocycles. The van der Waals surface area contributed by atoms with Crippen molar-refractivity contribution in [2.24, 2.45) is 0 Å². The minimum atomic E-state index is -0.263. The molecule has 1 atom stereocenters. The van der Waals surface area contributed by atoms with Crippen LogP contribution in [0, 0.1) is 0 Å². The fraction of sp³-hybridized carbons (Fsp3) is 0.583. The van der Waals surface area contributed by atoms with E-state index in [2.05, 4.69) is 5.10 Å². The molecule has 0 aliphatic carbocycles. The van der Waals surface area contributed by atoms with Gasteiger partial charge < -0.3 is 9.64 Å². The van der Waals surface area contributed by atoms with Crippen molar-refractivity contribution in [2.45, 2.75) is 26.3 Å². The van der Waals surface area contributed by atoms with Crippen LogP contribution >= 0.6 is 0 Å². The standard InChI is InChI=1S/C12H19N3O3/c1-5-18-11(16)8-9(2)15-7-6-10(13-15)12(17)14(3)4/h6-7,9H,5,8H2,1-4H3. The summed E-state index contributed by atoms with van der Waals surface area (Å²) < 4.78 is 6.48. The normalized spacial score (nSPS) is 12.0. The van der Waals surface area contributed by atoms with Gasteiger partial charge in [-0.05, 0) is 19.9 Å². The van der Waals surface area contributed by atoms with Gasteiger partial charge in [-0.15, -0.1) is 0 Å². The van der Waals surface area contributed by atoms with E-state index in [-0.39, 0.29) is 24.3 Å². The summed E-state index contributed by atoms with van der Waals surface area (Å²) in [7, 11) is 3.34. The van der Waals surface area contributed by atoms with Gasteiger partial charge in [0.05, 0.1) is 19.1 Å². The van der Waals surface area contributed by atoms with E-state index in [1.807, 2.05) is 6.92 Å². The molecule has 1 heterocycles. The summed E-state index contributed by atoms with van der Waals surface area (Å²) in [6.45, 7) is 3.99. The zero-order valence-electron chi connectivity index (χ0n) is 11.2. The van der Waals surface area contributed by atoms with Crippen molar-refractivity contribution in [3.63, 3.8) is 0 Å². The smallest absolute Gasteiger partial charge is 0.307 e. The number of esters is 1. The Hall–Kier alpha value is -1.85. The second-order valence-electron chi connectivity index (χ2n) is 4.24. The van der Waals surface area contributed by atoms with Crippen LogP contribution in [0.25, 0.3) is 0 Å². The Morgan fingerprint density at radius 3 is 2.72 bits per heavy atom. The maximum atomic E-state index is 11.7. The molecule has 1 rings (SSSR count). The zero-order chi connectivity index (χ0) is 13.7. The van der Waals surface area contributed by atoms with Gasteiger partial charge in [0.2, 0.25) is 0 Å². The Kier molecular flexibility index (Phi) is 4.88. The number of rotatable bonds is 5. The Morgan fingerprint density at radius 1 is 1.50 bits per heavy atom. The first-order chi connectivity index (χ1) is 8.45. The highest BCUT2D eigenvalue weighted by Gasteiger charge is 2.16. The van der Waals surface area contributed by atoms with Crippen LogP contribution in [-0.2, 0) is 9.53 Å². The molecule has 6 nitrogen and oxygen atoms in total. The second-order valence-corrected chi connectivity index (χ2v) is 4.24. The van der Waals surface area contributed by atoms with Crippen molar-refractivity contribution in [1.29, 1.82) is 0 Å². The molecule has 1 aromatic rings. The first-order valence-corrected chi connectivity index (χ1v) is 5.88. The lowest BCUT2D eigenvalue weighted by Gasteiger charge is -2.11. The van der Waals surface area contributed by atoms with Crippen LogP contribution in [0.1, 0.15) is 36.8 Å². The molecule has 0 fully saturated rings. The van der Waals surface area contributed by atoms with Crippen molar-refractivity contribution < 1.29 is 14.3 Å². The number of amides is 1. The average Bonchev–Trinajstić information content (AvgIpc) is 2.77. The average molecular weight is 253 g/mol. The molecule has 0 saturated carbocycles. The highest BCUT2D eigenvalue weighted by atomic mass is 16.5. The fourth-order valence-corrected chi connectivity index (χ4v) is 1.48. The first kappa shape index (κ1) is 14.2. The van der Waals surface area contributed by atoms with Gasteiger partial charge in [-0.3, -0.25) is 14.3 Å². The minimum absolute atomic E-state index is 0.132. The monoisotopic (exact) mass is 253 g/mol. The van der Waals surface area contributed by atoms with Gasteiger partial charge >= 0.3 is 5.97 Å². The maximum absolute atomic E-state index is 11.7. The highest BCUT2D eigenvalue weighted by molar-refractivity contribution is 5.91. The van der Waals surface area contributed by atoms with Crippen molar-refractivity contribution in [2.75, 3.05) is 20.7 Å². The SMILES string of the molecule is CCOC(=O)CC(C)n1ccc(C(=O)N(C)C)n1. The van der Waals surface area contributed by atoms with Gasteiger partial charge in [0.25, 0.3) is 5.91 Å². The van der Waals surface area contributed by atoms with Crippen molar-refractivity contribution >= 4 is 11.9 Å². The molecule has 1 aromatic heterocycles. The molecule has 0 saturated heterocycles. The molecule has 1 amide bonds. The van der Waals surface area contributed by atoms with Gasteiger partial charge in [0.1, 0.15) is 5.69 Å². The van der Waals surface area contributed by atoms with Gasteiger partial charge in [0, 0.05) is 20.3 Å². The maximum Gasteiger partial charge on any atom is 0.307 e. The van der Waals surface area contributed by atoms with Gasteiger partial charge in [0.15, 0.2) is 0 Å². The van der Waals surface area contributed by atoms with E-state index in [0.717, 1.165) is 0 Å². The van der Waals surface area contributed by atoms with Crippen LogP contribution in [0.5, 0.6) is 0 Å². The molecule has 6 heteroatoms. The lowest BCUT2D eigenvalue weighted by molar-refractivity contribution is -0.143. The van der Waals surface area contributed by atoms with E-state index < -0.39 is 0 Å². The van der Waals surface area contributed by atoms with Crippen LogP contribution in [0.3, 0.4) is 0 Å². The number of hydrogen-bond donors (Lipinski definition) is 0. The van der Waals surface area contributed by atoms with Gasteiger partial charge in [-0.25, -0.2) is 0 Å². The molecule has 100 valence electrons. The molecule has 0 bridgehead atoms. The summed E-state index contributed by atoms with van der Waals surface area (Å²) in [6.07, 6.45) is 1.94. The third-order valence-corrected chi connectivity index (χ3v) is 2.45. The number of hydrogen-bond acceptors (Lipinski definition) is 4. The van der Waals surface area contributed by atoms with Crippen LogP contribution < -0.4 is 0 Å². The number of ether oxygens (including phenoxy) is 1. The van der Waals surface area contributed by atoms with E-state index in [4.69, 9.17) is 4.74 Å². The van der Waals surface area contributed by atoms with E-state index in [1.54, 1.807) is 38.0 Å². The third-order valence-electron chi connectivity index (χ3n) is 2.45. The number of nitrogens with zero attached hydrogens (tertiary/aromatic N) is 3. The minimum Gasteiger partial charge on any atom is -0.466 e. The molecule has 0 N–H and O–H groups in total. The van der Waals surface area contributed by atoms with E-state index >= 15 is 0 Å². The highest BCUT2D eigenvalue weighted by Crippen LogP contribution is 2.11. The molecule has 1 unspecified atom stereocenters. The Morgan fingerprint density at radius 2 is 2.17 bits per heavy atom. The van der Waals surface area contributed by atoms with Crippen molar-refractivity contribution in [1.82, 2.24) is 14.7 Å². The first-order valence-electron chi connectivity index (χ1n) is 5.88. The van der Waals surface area contributed by atoms with Crippen LogP contribution in [0.2, 0.25) is 0 Å². The molecule has 18 heavy (non-hydrogen) atoms. The van der Waals surface area contributed by atoms with Gasteiger partial charge in [-0.2, -0.15) is 5.10 Å². The fourth-order valence-electron chi connectivity index (χ4n) is 1.48. The predicted molar refractivity (Wildman–Crippen MR) is 66.2 cm³/mol. The Bertz CT molecular complexity index is 426. The molecular formula is C12H19N3O3. The molecule has 0 spiro atoms. The second kappa shape index (κ2) is 6.18. The topological polar surface area (TPSA) is 64.4 Å². The van der Waals surface area contributed by atoms with Crippen molar-refractivity contribution in [3.8, 4) is 0 Å². The summed E-state index contributed by atoms with van der Waals surface area (Å²) in [5.41, 5.74) is 0.371. The summed E-state index contributed by atoms with van der Waals surface area (Å²) in [6, 6.07) is 1.51. The quantitative estimate of drug-likeness (QED) is 0.737. The van der Waals surface area contributed by atoms with Crippen LogP contribution in [-0.4, -0.2) is 47.3 Å². The van der Waals surface area contributed by atoms with Gasteiger partial charge in [-0.1, -0.05) is 0 Å². The largest absolute Gasteiger partial charge is 0.466 e. The molecular weight excluding hydrogens is 234 g/mol. The van der Waals surface area contributed by atoms with Crippen LogP contribution in [0.4, 0.5) is 0 Å². The van der Waals surface area contributed by atoms with E-state index in [1.165, 1.54) is 4.90 Å². The third kappa shape index (κ3) is 3.58. The molecule has 0 radical (unpaired) electrons. The Labute approximate surface area is 107 Å². The van der Waals surface area contributed by atoms with E-state index in [0.29, 0.717) is 12.3 Å². The number of aromatic nitrogens is 2. The predicted octanol–water partition coefficient (Wildman–Crippen LogP) is 1.10. The number of carbonyl (C=O) groups is 2. The summed E-state index contributed by atoms with van der Waals surface area (Å²) in [5, 5.41) is 4.16.